The van der Waals surface area contributed by atoms with Crippen LogP contribution in [0.2, 0.25) is 0 Å². The van der Waals surface area contributed by atoms with Gasteiger partial charge in [-0.3, -0.25) is 4.90 Å². The molecule has 0 aliphatic carbocycles. The molecule has 116 valence electrons. The van der Waals surface area contributed by atoms with Crippen LogP contribution in [0, 0.1) is 0 Å². The Labute approximate surface area is 133 Å². The molecule has 1 atom stereocenters. The molecule has 0 amide bonds. The van der Waals surface area contributed by atoms with Crippen molar-refractivity contribution < 1.29 is 9.53 Å². The lowest BCUT2D eigenvalue weighted by atomic mass is 10.1. The number of nitrogens with zero attached hydrogens (tertiary/aromatic N) is 1. The second-order valence-corrected chi connectivity index (χ2v) is 5.35. The normalized spacial score (nSPS) is 17.2. The molecule has 0 aromatic heterocycles. The van der Waals surface area contributed by atoms with Crippen molar-refractivity contribution >= 4 is 24.5 Å². The number of benzene rings is 1. The number of hydrogen-bond acceptors (Lipinski definition) is 3. The molecule has 1 aromatic carbocycles. The summed E-state index contributed by atoms with van der Waals surface area (Å²) in [6.45, 7) is 5.05. The standard InChI is InChI=1S/C17H23NO2.ClH/c1-15(14-18-12-6-3-7-13-18)20-17(19)11-10-16-8-4-2-5-9-16;/h2,4-5,8-11,15H,3,6-7,12-14H2,1H3;1H/b11-10+;. The topological polar surface area (TPSA) is 29.5 Å². The first-order chi connectivity index (χ1) is 9.74. The van der Waals surface area contributed by atoms with E-state index in [4.69, 9.17) is 4.74 Å². The number of hydrogen-bond donors (Lipinski definition) is 0. The first-order valence-corrected chi connectivity index (χ1v) is 7.40. The molecule has 2 rings (SSSR count). The summed E-state index contributed by atoms with van der Waals surface area (Å²) in [7, 11) is 0. The molecule has 0 saturated carbocycles. The SMILES string of the molecule is CC(CN1CCCCC1)OC(=O)/C=C/c1ccccc1.Cl. The predicted molar refractivity (Wildman–Crippen MR) is 88.6 cm³/mol. The maximum absolute atomic E-state index is 11.7. The zero-order valence-electron chi connectivity index (χ0n) is 12.5. The number of rotatable bonds is 5. The summed E-state index contributed by atoms with van der Waals surface area (Å²) in [6, 6.07) is 9.77. The molecule has 0 spiro atoms. The molecule has 21 heavy (non-hydrogen) atoms. The zero-order chi connectivity index (χ0) is 14.2. The van der Waals surface area contributed by atoms with Crippen molar-refractivity contribution in [2.45, 2.75) is 32.3 Å². The molecule has 1 aliphatic heterocycles. The Balaban J connectivity index is 0.00000220. The van der Waals surface area contributed by atoms with E-state index in [2.05, 4.69) is 4.90 Å². The average Bonchev–Trinajstić information content (AvgIpc) is 2.47. The minimum atomic E-state index is -0.265. The largest absolute Gasteiger partial charge is 0.458 e. The van der Waals surface area contributed by atoms with E-state index in [1.165, 1.54) is 25.3 Å². The quantitative estimate of drug-likeness (QED) is 0.615. The maximum atomic E-state index is 11.7. The molecule has 1 unspecified atom stereocenters. The maximum Gasteiger partial charge on any atom is 0.331 e. The highest BCUT2D eigenvalue weighted by Gasteiger charge is 2.15. The molecule has 4 heteroatoms. The van der Waals surface area contributed by atoms with Gasteiger partial charge in [0.1, 0.15) is 6.10 Å². The van der Waals surface area contributed by atoms with Crippen molar-refractivity contribution in [3.63, 3.8) is 0 Å². The van der Waals surface area contributed by atoms with Crippen LogP contribution in [0.1, 0.15) is 31.7 Å². The van der Waals surface area contributed by atoms with Gasteiger partial charge in [-0.1, -0.05) is 36.8 Å². The second kappa shape index (κ2) is 9.59. The van der Waals surface area contributed by atoms with Gasteiger partial charge in [0.15, 0.2) is 0 Å². The molecule has 1 heterocycles. The number of carbonyl (C=O) groups excluding carboxylic acids is 1. The highest BCUT2D eigenvalue weighted by atomic mass is 35.5. The van der Waals surface area contributed by atoms with Crippen LogP contribution in [0.25, 0.3) is 6.08 Å². The van der Waals surface area contributed by atoms with Gasteiger partial charge in [-0.25, -0.2) is 4.79 Å². The lowest BCUT2D eigenvalue weighted by molar-refractivity contribution is -0.143. The summed E-state index contributed by atoms with van der Waals surface area (Å²) in [4.78, 5) is 14.1. The van der Waals surface area contributed by atoms with E-state index >= 15 is 0 Å². The predicted octanol–water partition coefficient (Wildman–Crippen LogP) is 3.54. The number of piperidine rings is 1. The molecule has 1 fully saturated rings. The summed E-state index contributed by atoms with van der Waals surface area (Å²) in [5.41, 5.74) is 1.01. The third-order valence-corrected chi connectivity index (χ3v) is 3.49. The Morgan fingerprint density at radius 3 is 2.57 bits per heavy atom. The van der Waals surface area contributed by atoms with E-state index < -0.39 is 0 Å². The van der Waals surface area contributed by atoms with E-state index in [1.807, 2.05) is 37.3 Å². The van der Waals surface area contributed by atoms with Crippen molar-refractivity contribution in [2.24, 2.45) is 0 Å². The minimum Gasteiger partial charge on any atom is -0.458 e. The zero-order valence-corrected chi connectivity index (χ0v) is 13.3. The van der Waals surface area contributed by atoms with Crippen LogP contribution < -0.4 is 0 Å². The Hall–Kier alpha value is -1.32. The highest BCUT2D eigenvalue weighted by molar-refractivity contribution is 5.87. The lowest BCUT2D eigenvalue weighted by Gasteiger charge is -2.28. The van der Waals surface area contributed by atoms with Gasteiger partial charge in [0, 0.05) is 12.6 Å². The van der Waals surface area contributed by atoms with E-state index in [9.17, 15) is 4.79 Å². The van der Waals surface area contributed by atoms with Gasteiger partial charge in [0.05, 0.1) is 0 Å². The van der Waals surface area contributed by atoms with E-state index in [1.54, 1.807) is 6.08 Å². The van der Waals surface area contributed by atoms with Gasteiger partial charge < -0.3 is 4.74 Å². The van der Waals surface area contributed by atoms with Crippen LogP contribution in [-0.2, 0) is 9.53 Å². The first-order valence-electron chi connectivity index (χ1n) is 7.40. The van der Waals surface area contributed by atoms with E-state index in [0.29, 0.717) is 0 Å². The monoisotopic (exact) mass is 309 g/mol. The molecule has 1 aliphatic rings. The Kier molecular flexibility index (Phi) is 8.09. The Morgan fingerprint density at radius 1 is 1.24 bits per heavy atom. The summed E-state index contributed by atoms with van der Waals surface area (Å²) < 4.78 is 5.41. The van der Waals surface area contributed by atoms with Crippen molar-refractivity contribution in [3.05, 3.63) is 42.0 Å². The fourth-order valence-electron chi connectivity index (χ4n) is 2.51. The third-order valence-electron chi connectivity index (χ3n) is 3.49. The van der Waals surface area contributed by atoms with E-state index in [0.717, 1.165) is 25.2 Å². The van der Waals surface area contributed by atoms with Gasteiger partial charge in [-0.2, -0.15) is 0 Å². The van der Waals surface area contributed by atoms with Crippen LogP contribution in [0.4, 0.5) is 0 Å². The summed E-state index contributed by atoms with van der Waals surface area (Å²) in [5.74, 6) is -0.265. The number of carbonyl (C=O) groups is 1. The second-order valence-electron chi connectivity index (χ2n) is 5.35. The van der Waals surface area contributed by atoms with Crippen LogP contribution >= 0.6 is 12.4 Å². The molecule has 0 N–H and O–H groups in total. The van der Waals surface area contributed by atoms with Crippen molar-refractivity contribution in [2.75, 3.05) is 19.6 Å². The fraction of sp³-hybridized carbons (Fsp3) is 0.471. The molecular formula is C17H24ClNO2. The molecule has 0 radical (unpaired) electrons. The smallest absolute Gasteiger partial charge is 0.331 e. The van der Waals surface area contributed by atoms with Crippen LogP contribution in [0.3, 0.4) is 0 Å². The number of halogens is 1. The van der Waals surface area contributed by atoms with Crippen molar-refractivity contribution in [3.8, 4) is 0 Å². The van der Waals surface area contributed by atoms with Gasteiger partial charge in [-0.15, -0.1) is 12.4 Å². The molecular weight excluding hydrogens is 286 g/mol. The Morgan fingerprint density at radius 2 is 1.90 bits per heavy atom. The molecule has 3 nitrogen and oxygen atoms in total. The van der Waals surface area contributed by atoms with Crippen LogP contribution in [0.15, 0.2) is 36.4 Å². The third kappa shape index (κ3) is 6.78. The number of likely N-dealkylation sites (tertiary alicyclic amines) is 1. The summed E-state index contributed by atoms with van der Waals surface area (Å²) >= 11 is 0. The fourth-order valence-corrected chi connectivity index (χ4v) is 2.51. The van der Waals surface area contributed by atoms with Gasteiger partial charge in [0.25, 0.3) is 0 Å². The molecule has 0 bridgehead atoms. The summed E-state index contributed by atoms with van der Waals surface area (Å²) in [6.07, 6.45) is 7.08. The van der Waals surface area contributed by atoms with E-state index in [-0.39, 0.29) is 24.5 Å². The average molecular weight is 310 g/mol. The lowest BCUT2D eigenvalue weighted by Crippen LogP contribution is -2.36. The minimum absolute atomic E-state index is 0. The number of ether oxygens (including phenoxy) is 1. The van der Waals surface area contributed by atoms with Crippen molar-refractivity contribution in [1.82, 2.24) is 4.90 Å². The highest BCUT2D eigenvalue weighted by Crippen LogP contribution is 2.10. The van der Waals surface area contributed by atoms with Crippen LogP contribution in [-0.4, -0.2) is 36.6 Å². The van der Waals surface area contributed by atoms with Crippen LogP contribution in [0.5, 0.6) is 0 Å². The number of esters is 1. The van der Waals surface area contributed by atoms with Gasteiger partial charge >= 0.3 is 5.97 Å². The first kappa shape index (κ1) is 17.7. The summed E-state index contributed by atoms with van der Waals surface area (Å²) in [5, 5.41) is 0. The van der Waals surface area contributed by atoms with Crippen molar-refractivity contribution in [1.29, 1.82) is 0 Å². The Bertz CT molecular complexity index is 441. The molecule has 1 aromatic rings. The van der Waals surface area contributed by atoms with Gasteiger partial charge in [0.2, 0.25) is 0 Å². The molecule has 1 saturated heterocycles. The van der Waals surface area contributed by atoms with Gasteiger partial charge in [-0.05, 0) is 44.5 Å².